The predicted octanol–water partition coefficient (Wildman–Crippen LogP) is 4.59. The molecule has 1 N–H and O–H groups in total. The van der Waals surface area contributed by atoms with Crippen molar-refractivity contribution in [2.45, 2.75) is 77.5 Å². The van der Waals surface area contributed by atoms with Gasteiger partial charge in [0.15, 0.2) is 0 Å². The zero-order valence-corrected chi connectivity index (χ0v) is 13.5. The maximum Gasteiger partial charge on any atom is 0.124 e. The molecule has 2 atom stereocenters. The van der Waals surface area contributed by atoms with Gasteiger partial charge >= 0.3 is 0 Å². The molecule has 1 aromatic carbocycles. The largest absolute Gasteiger partial charge is 0.490 e. The lowest BCUT2D eigenvalue weighted by Crippen LogP contribution is -2.26. The normalized spacial score (nSPS) is 25.8. The van der Waals surface area contributed by atoms with Crippen LogP contribution in [0.4, 0.5) is 0 Å². The highest BCUT2D eigenvalue weighted by atomic mass is 16.5. The predicted molar refractivity (Wildman–Crippen MR) is 87.7 cm³/mol. The molecule has 21 heavy (non-hydrogen) atoms. The molecular weight excluding hydrogens is 258 g/mol. The van der Waals surface area contributed by atoms with Crippen molar-refractivity contribution in [2.24, 2.45) is 5.92 Å². The molecule has 1 aromatic rings. The summed E-state index contributed by atoms with van der Waals surface area (Å²) in [6.07, 6.45) is 9.56. The van der Waals surface area contributed by atoms with Gasteiger partial charge in [0.1, 0.15) is 5.75 Å². The van der Waals surface area contributed by atoms with E-state index in [0.29, 0.717) is 6.10 Å². The number of hydrogen-bond acceptors (Lipinski definition) is 2. The number of benzene rings is 1. The Morgan fingerprint density at radius 1 is 1.19 bits per heavy atom. The topological polar surface area (TPSA) is 21.3 Å². The highest BCUT2D eigenvalue weighted by Gasteiger charge is 2.24. The number of aryl methyl sites for hydroxylation is 1. The van der Waals surface area contributed by atoms with Crippen molar-refractivity contribution in [1.82, 2.24) is 5.32 Å². The first-order valence-electron chi connectivity index (χ1n) is 8.74. The summed E-state index contributed by atoms with van der Waals surface area (Å²) in [7, 11) is 0. The van der Waals surface area contributed by atoms with Gasteiger partial charge in [-0.05, 0) is 51.0 Å². The first kappa shape index (κ1) is 14.9. The fourth-order valence-corrected chi connectivity index (χ4v) is 3.40. The standard InChI is InChI=1S/C19H29NO/c1-3-15-5-4-6-18(12-15)21-19-10-7-14(2)11-16(19)13-20-17-8-9-17/h7,10-11,15,17-18,20H,3-6,8-9,12-13H2,1-2H3. The molecule has 2 heteroatoms. The van der Waals surface area contributed by atoms with Gasteiger partial charge < -0.3 is 10.1 Å². The lowest BCUT2D eigenvalue weighted by Gasteiger charge is -2.29. The summed E-state index contributed by atoms with van der Waals surface area (Å²) < 4.78 is 6.39. The van der Waals surface area contributed by atoms with E-state index in [4.69, 9.17) is 4.74 Å². The monoisotopic (exact) mass is 287 g/mol. The third-order valence-electron chi connectivity index (χ3n) is 4.98. The molecule has 2 aliphatic carbocycles. The van der Waals surface area contributed by atoms with E-state index in [0.717, 1.165) is 24.3 Å². The fourth-order valence-electron chi connectivity index (χ4n) is 3.40. The van der Waals surface area contributed by atoms with E-state index in [1.54, 1.807) is 0 Å². The zero-order chi connectivity index (χ0) is 14.7. The van der Waals surface area contributed by atoms with Gasteiger partial charge in [0.05, 0.1) is 6.10 Å². The van der Waals surface area contributed by atoms with E-state index in [9.17, 15) is 0 Å². The van der Waals surface area contributed by atoms with Crippen LogP contribution < -0.4 is 10.1 Å². The quantitative estimate of drug-likeness (QED) is 0.826. The van der Waals surface area contributed by atoms with Crippen LogP contribution in [0.1, 0.15) is 63.0 Å². The fraction of sp³-hybridized carbons (Fsp3) is 0.684. The summed E-state index contributed by atoms with van der Waals surface area (Å²) in [6, 6.07) is 7.38. The minimum Gasteiger partial charge on any atom is -0.490 e. The number of ether oxygens (including phenoxy) is 1. The van der Waals surface area contributed by atoms with Crippen LogP contribution in [-0.2, 0) is 6.54 Å². The Balaban J connectivity index is 1.65. The molecular formula is C19H29NO. The first-order chi connectivity index (χ1) is 10.2. The number of nitrogens with one attached hydrogen (secondary N) is 1. The van der Waals surface area contributed by atoms with Crippen molar-refractivity contribution in [3.8, 4) is 5.75 Å². The van der Waals surface area contributed by atoms with Crippen molar-refractivity contribution < 1.29 is 4.74 Å². The molecule has 0 aliphatic heterocycles. The van der Waals surface area contributed by atoms with Crippen molar-refractivity contribution in [3.05, 3.63) is 29.3 Å². The van der Waals surface area contributed by atoms with E-state index in [1.807, 2.05) is 0 Å². The Hall–Kier alpha value is -1.02. The summed E-state index contributed by atoms with van der Waals surface area (Å²) >= 11 is 0. The van der Waals surface area contributed by atoms with Crippen LogP contribution in [-0.4, -0.2) is 12.1 Å². The molecule has 0 heterocycles. The van der Waals surface area contributed by atoms with Crippen LogP contribution in [0.25, 0.3) is 0 Å². The van der Waals surface area contributed by atoms with Crippen molar-refractivity contribution in [2.75, 3.05) is 0 Å². The smallest absolute Gasteiger partial charge is 0.124 e. The number of hydrogen-bond donors (Lipinski definition) is 1. The minimum atomic E-state index is 0.422. The molecule has 0 bridgehead atoms. The second kappa shape index (κ2) is 6.83. The molecule has 0 aromatic heterocycles. The highest BCUT2D eigenvalue weighted by molar-refractivity contribution is 5.37. The molecule has 3 rings (SSSR count). The molecule has 2 unspecified atom stereocenters. The van der Waals surface area contributed by atoms with Crippen LogP contribution in [0.2, 0.25) is 0 Å². The second-order valence-electron chi connectivity index (χ2n) is 6.95. The maximum absolute atomic E-state index is 6.39. The van der Waals surface area contributed by atoms with Crippen LogP contribution in [0.5, 0.6) is 5.75 Å². The summed E-state index contributed by atoms with van der Waals surface area (Å²) in [5, 5.41) is 3.62. The van der Waals surface area contributed by atoms with E-state index >= 15 is 0 Å². The Morgan fingerprint density at radius 2 is 2.05 bits per heavy atom. The van der Waals surface area contributed by atoms with Gasteiger partial charge in [-0.15, -0.1) is 0 Å². The SMILES string of the molecule is CCC1CCCC(Oc2ccc(C)cc2CNC2CC2)C1. The summed E-state index contributed by atoms with van der Waals surface area (Å²) in [4.78, 5) is 0. The van der Waals surface area contributed by atoms with Gasteiger partial charge in [-0.1, -0.05) is 37.5 Å². The molecule has 2 fully saturated rings. The first-order valence-corrected chi connectivity index (χ1v) is 8.74. The van der Waals surface area contributed by atoms with Crippen LogP contribution >= 0.6 is 0 Å². The minimum absolute atomic E-state index is 0.422. The van der Waals surface area contributed by atoms with Gasteiger partial charge in [0.2, 0.25) is 0 Å². The molecule has 2 saturated carbocycles. The van der Waals surface area contributed by atoms with Gasteiger partial charge in [-0.2, -0.15) is 0 Å². The lowest BCUT2D eigenvalue weighted by molar-refractivity contribution is 0.121. The Labute approximate surface area is 129 Å². The molecule has 2 aliphatic rings. The van der Waals surface area contributed by atoms with Crippen LogP contribution in [0.15, 0.2) is 18.2 Å². The second-order valence-corrected chi connectivity index (χ2v) is 6.95. The summed E-state index contributed by atoms with van der Waals surface area (Å²) in [6.45, 7) is 5.42. The number of rotatable bonds is 6. The Bertz CT molecular complexity index is 467. The molecule has 0 amide bonds. The van der Waals surface area contributed by atoms with Gasteiger partial charge in [-0.25, -0.2) is 0 Å². The third kappa shape index (κ3) is 4.23. The van der Waals surface area contributed by atoms with Crippen molar-refractivity contribution >= 4 is 0 Å². The average molecular weight is 287 g/mol. The third-order valence-corrected chi connectivity index (χ3v) is 4.98. The lowest BCUT2D eigenvalue weighted by atomic mass is 9.85. The highest BCUT2D eigenvalue weighted by Crippen LogP contribution is 2.31. The van der Waals surface area contributed by atoms with Crippen molar-refractivity contribution in [3.63, 3.8) is 0 Å². The van der Waals surface area contributed by atoms with Gasteiger partial charge in [-0.3, -0.25) is 0 Å². The Morgan fingerprint density at radius 3 is 2.81 bits per heavy atom. The molecule has 0 spiro atoms. The van der Waals surface area contributed by atoms with Gasteiger partial charge in [0.25, 0.3) is 0 Å². The molecule has 0 radical (unpaired) electrons. The van der Waals surface area contributed by atoms with E-state index < -0.39 is 0 Å². The van der Waals surface area contributed by atoms with Crippen molar-refractivity contribution in [1.29, 1.82) is 0 Å². The van der Waals surface area contributed by atoms with E-state index in [-0.39, 0.29) is 0 Å². The molecule has 0 saturated heterocycles. The van der Waals surface area contributed by atoms with Gasteiger partial charge in [0, 0.05) is 18.2 Å². The van der Waals surface area contributed by atoms with Crippen LogP contribution in [0.3, 0.4) is 0 Å². The molecule has 2 nitrogen and oxygen atoms in total. The Kier molecular flexibility index (Phi) is 4.84. The van der Waals surface area contributed by atoms with E-state index in [1.165, 1.54) is 56.1 Å². The average Bonchev–Trinajstić information content (AvgIpc) is 3.32. The van der Waals surface area contributed by atoms with Crippen LogP contribution in [0, 0.1) is 12.8 Å². The molecule has 116 valence electrons. The van der Waals surface area contributed by atoms with E-state index in [2.05, 4.69) is 37.4 Å². The maximum atomic E-state index is 6.39. The summed E-state index contributed by atoms with van der Waals surface area (Å²) in [5.41, 5.74) is 2.66. The zero-order valence-electron chi connectivity index (χ0n) is 13.5. The summed E-state index contributed by atoms with van der Waals surface area (Å²) in [5.74, 6) is 1.97.